The number of morpholine rings is 1. The Morgan fingerprint density at radius 2 is 1.72 bits per heavy atom. The first-order valence-electron chi connectivity index (χ1n) is 9.89. The molecular formula is C22H28N2O4S. The minimum atomic E-state index is -3.56. The van der Waals surface area contributed by atoms with Crippen LogP contribution in [0.1, 0.15) is 46.4 Å². The van der Waals surface area contributed by atoms with Gasteiger partial charge in [0, 0.05) is 18.7 Å². The van der Waals surface area contributed by atoms with Crippen LogP contribution in [0.15, 0.2) is 47.4 Å². The number of hydrogen-bond acceptors (Lipinski definition) is 4. The zero-order chi connectivity index (χ0) is 21.0. The number of nitrogens with zero attached hydrogens (tertiary/aromatic N) is 1. The normalized spacial score (nSPS) is 16.4. The van der Waals surface area contributed by atoms with Crippen LogP contribution >= 0.6 is 0 Å². The lowest BCUT2D eigenvalue weighted by atomic mass is 9.99. The van der Waals surface area contributed by atoms with Crippen LogP contribution in [-0.2, 0) is 14.8 Å². The van der Waals surface area contributed by atoms with Gasteiger partial charge in [0.2, 0.25) is 10.0 Å². The Labute approximate surface area is 172 Å². The van der Waals surface area contributed by atoms with E-state index in [4.69, 9.17) is 4.74 Å². The first kappa shape index (κ1) is 21.5. The van der Waals surface area contributed by atoms with E-state index in [0.717, 1.165) is 12.0 Å². The molecule has 0 bridgehead atoms. The minimum absolute atomic E-state index is 0.0986. The minimum Gasteiger partial charge on any atom is -0.379 e. The molecule has 0 radical (unpaired) electrons. The highest BCUT2D eigenvalue weighted by Gasteiger charge is 2.26. The third kappa shape index (κ3) is 4.86. The molecule has 1 N–H and O–H groups in total. The van der Waals surface area contributed by atoms with Gasteiger partial charge in [0.1, 0.15) is 0 Å². The van der Waals surface area contributed by atoms with Crippen molar-refractivity contribution in [2.24, 2.45) is 0 Å². The fourth-order valence-corrected chi connectivity index (χ4v) is 4.77. The lowest BCUT2D eigenvalue weighted by molar-refractivity contribution is 0.0730. The monoisotopic (exact) mass is 416 g/mol. The van der Waals surface area contributed by atoms with Gasteiger partial charge >= 0.3 is 0 Å². The smallest absolute Gasteiger partial charge is 0.251 e. The quantitative estimate of drug-likeness (QED) is 0.785. The number of ether oxygens (including phenoxy) is 1. The van der Waals surface area contributed by atoms with E-state index in [-0.39, 0.29) is 16.8 Å². The van der Waals surface area contributed by atoms with Gasteiger partial charge in [-0.25, -0.2) is 8.42 Å². The molecule has 0 spiro atoms. The summed E-state index contributed by atoms with van der Waals surface area (Å²) in [6, 6.07) is 12.2. The molecular weight excluding hydrogens is 388 g/mol. The van der Waals surface area contributed by atoms with Crippen molar-refractivity contribution < 1.29 is 17.9 Å². The summed E-state index contributed by atoms with van der Waals surface area (Å²) >= 11 is 0. The van der Waals surface area contributed by atoms with Gasteiger partial charge in [-0.15, -0.1) is 0 Å². The van der Waals surface area contributed by atoms with Crippen molar-refractivity contribution in [3.8, 4) is 0 Å². The zero-order valence-corrected chi connectivity index (χ0v) is 18.0. The maximum atomic E-state index is 12.7. The molecule has 156 valence electrons. The maximum absolute atomic E-state index is 12.7. The molecule has 1 atom stereocenters. The van der Waals surface area contributed by atoms with E-state index < -0.39 is 10.0 Å². The van der Waals surface area contributed by atoms with Crippen LogP contribution < -0.4 is 5.32 Å². The highest BCUT2D eigenvalue weighted by atomic mass is 32.2. The summed E-state index contributed by atoms with van der Waals surface area (Å²) < 4.78 is 32.0. The maximum Gasteiger partial charge on any atom is 0.251 e. The second-order valence-corrected chi connectivity index (χ2v) is 9.26. The van der Waals surface area contributed by atoms with E-state index in [2.05, 4.69) is 31.3 Å². The Balaban J connectivity index is 1.73. The third-order valence-electron chi connectivity index (χ3n) is 5.37. The Kier molecular flexibility index (Phi) is 6.72. The standard InChI is InChI=1S/C22H28N2O4S/c1-4-21(19-6-5-16(2)17(3)15-19)23-22(25)18-7-9-20(10-8-18)29(26,27)24-11-13-28-14-12-24/h5-10,15,21H,4,11-14H2,1-3H3,(H,23,25). The Morgan fingerprint density at radius 3 is 2.31 bits per heavy atom. The molecule has 0 aromatic heterocycles. The molecule has 7 heteroatoms. The molecule has 2 aromatic rings. The molecule has 1 amide bonds. The molecule has 29 heavy (non-hydrogen) atoms. The summed E-state index contributed by atoms with van der Waals surface area (Å²) in [5.41, 5.74) is 3.91. The molecule has 1 fully saturated rings. The van der Waals surface area contributed by atoms with Crippen LogP contribution in [0, 0.1) is 13.8 Å². The third-order valence-corrected chi connectivity index (χ3v) is 7.28. The van der Waals surface area contributed by atoms with E-state index in [9.17, 15) is 13.2 Å². The zero-order valence-electron chi connectivity index (χ0n) is 17.1. The van der Waals surface area contributed by atoms with Crippen LogP contribution in [0.25, 0.3) is 0 Å². The van der Waals surface area contributed by atoms with Gasteiger partial charge in [0.15, 0.2) is 0 Å². The van der Waals surface area contributed by atoms with Gasteiger partial charge in [-0.2, -0.15) is 4.31 Å². The van der Waals surface area contributed by atoms with Gasteiger partial charge in [-0.3, -0.25) is 4.79 Å². The van der Waals surface area contributed by atoms with Crippen molar-refractivity contribution >= 4 is 15.9 Å². The second kappa shape index (κ2) is 9.07. The summed E-state index contributed by atoms with van der Waals surface area (Å²) in [4.78, 5) is 12.9. The van der Waals surface area contributed by atoms with E-state index in [0.29, 0.717) is 31.9 Å². The second-order valence-electron chi connectivity index (χ2n) is 7.32. The number of sulfonamides is 1. The fourth-order valence-electron chi connectivity index (χ4n) is 3.36. The molecule has 1 aliphatic heterocycles. The van der Waals surface area contributed by atoms with E-state index >= 15 is 0 Å². The number of benzene rings is 2. The number of nitrogens with one attached hydrogen (secondary N) is 1. The van der Waals surface area contributed by atoms with Crippen LogP contribution in [-0.4, -0.2) is 44.9 Å². The lowest BCUT2D eigenvalue weighted by Gasteiger charge is -2.26. The molecule has 1 heterocycles. The van der Waals surface area contributed by atoms with Gasteiger partial charge in [-0.05, 0) is 61.2 Å². The summed E-state index contributed by atoms with van der Waals surface area (Å²) in [6.07, 6.45) is 0.762. The van der Waals surface area contributed by atoms with E-state index in [1.807, 2.05) is 13.0 Å². The number of hydrogen-bond donors (Lipinski definition) is 1. The molecule has 1 saturated heterocycles. The van der Waals surface area contributed by atoms with Crippen molar-refractivity contribution in [2.45, 2.75) is 38.1 Å². The first-order chi connectivity index (χ1) is 13.8. The number of aryl methyl sites for hydroxylation is 2. The van der Waals surface area contributed by atoms with Crippen LogP contribution in [0.3, 0.4) is 0 Å². The average Bonchev–Trinajstić information content (AvgIpc) is 2.74. The highest BCUT2D eigenvalue weighted by Crippen LogP contribution is 2.21. The van der Waals surface area contributed by atoms with Crippen molar-refractivity contribution in [3.05, 3.63) is 64.7 Å². The SMILES string of the molecule is CCC(NC(=O)c1ccc(S(=O)(=O)N2CCOCC2)cc1)c1ccc(C)c(C)c1. The van der Waals surface area contributed by atoms with Gasteiger partial charge in [-0.1, -0.05) is 25.1 Å². The first-order valence-corrected chi connectivity index (χ1v) is 11.3. The summed E-state index contributed by atoms with van der Waals surface area (Å²) in [7, 11) is -3.56. The molecule has 2 aromatic carbocycles. The molecule has 0 saturated carbocycles. The number of carbonyl (C=O) groups is 1. The Hall–Kier alpha value is -2.22. The van der Waals surface area contributed by atoms with Crippen molar-refractivity contribution in [1.82, 2.24) is 9.62 Å². The lowest BCUT2D eigenvalue weighted by Crippen LogP contribution is -2.40. The van der Waals surface area contributed by atoms with E-state index in [1.54, 1.807) is 12.1 Å². The molecule has 0 aliphatic carbocycles. The average molecular weight is 417 g/mol. The predicted molar refractivity (Wildman–Crippen MR) is 112 cm³/mol. The van der Waals surface area contributed by atoms with Gasteiger partial charge in [0.05, 0.1) is 24.2 Å². The molecule has 1 aliphatic rings. The summed E-state index contributed by atoms with van der Waals surface area (Å²) in [5.74, 6) is -0.217. The van der Waals surface area contributed by atoms with Crippen LogP contribution in [0.4, 0.5) is 0 Å². The molecule has 1 unspecified atom stereocenters. The van der Waals surface area contributed by atoms with Crippen molar-refractivity contribution in [1.29, 1.82) is 0 Å². The fraction of sp³-hybridized carbons (Fsp3) is 0.409. The summed E-state index contributed by atoms with van der Waals surface area (Å²) in [6.45, 7) is 7.63. The number of carbonyl (C=O) groups excluding carboxylic acids is 1. The molecule has 6 nitrogen and oxygen atoms in total. The highest BCUT2D eigenvalue weighted by molar-refractivity contribution is 7.89. The van der Waals surface area contributed by atoms with Gasteiger partial charge < -0.3 is 10.1 Å². The van der Waals surface area contributed by atoms with Crippen molar-refractivity contribution in [3.63, 3.8) is 0 Å². The van der Waals surface area contributed by atoms with Gasteiger partial charge in [0.25, 0.3) is 5.91 Å². The number of rotatable bonds is 6. The molecule has 3 rings (SSSR count). The Morgan fingerprint density at radius 1 is 1.07 bits per heavy atom. The topological polar surface area (TPSA) is 75.7 Å². The Bertz CT molecular complexity index is 965. The summed E-state index contributed by atoms with van der Waals surface area (Å²) in [5, 5.41) is 3.05. The van der Waals surface area contributed by atoms with Crippen molar-refractivity contribution in [2.75, 3.05) is 26.3 Å². The number of amides is 1. The van der Waals surface area contributed by atoms with Crippen LogP contribution in [0.2, 0.25) is 0 Å². The largest absolute Gasteiger partial charge is 0.379 e. The van der Waals surface area contributed by atoms with E-state index in [1.165, 1.54) is 27.6 Å². The predicted octanol–water partition coefficient (Wildman–Crippen LogP) is 3.21. The van der Waals surface area contributed by atoms with Crippen LogP contribution in [0.5, 0.6) is 0 Å².